The van der Waals surface area contributed by atoms with Crippen LogP contribution in [-0.4, -0.2) is 28.8 Å². The van der Waals surface area contributed by atoms with Crippen molar-refractivity contribution in [2.24, 2.45) is 17.8 Å². The molecule has 2 aliphatic carbocycles. The molecule has 1 amide bonds. The van der Waals surface area contributed by atoms with Gasteiger partial charge in [0.15, 0.2) is 0 Å². The molecule has 1 aliphatic heterocycles. The number of thioether (sulfide) groups is 1. The molecule has 2 fully saturated rings. The van der Waals surface area contributed by atoms with Crippen molar-refractivity contribution >= 4 is 40.4 Å². The van der Waals surface area contributed by atoms with E-state index in [1.54, 1.807) is 4.57 Å². The first-order valence-corrected chi connectivity index (χ1v) is 15.0. The third-order valence-electron chi connectivity index (χ3n) is 8.50. The zero-order valence-corrected chi connectivity index (χ0v) is 22.8. The van der Waals surface area contributed by atoms with Gasteiger partial charge in [-0.1, -0.05) is 23.5 Å². The molecular weight excluding hydrogens is 505 g/mol. The van der Waals surface area contributed by atoms with Crippen molar-refractivity contribution < 1.29 is 9.18 Å². The molecule has 2 aromatic carbocycles. The summed E-state index contributed by atoms with van der Waals surface area (Å²) in [5.41, 5.74) is 3.03. The van der Waals surface area contributed by atoms with Crippen molar-refractivity contribution in [2.45, 2.75) is 55.8 Å². The summed E-state index contributed by atoms with van der Waals surface area (Å²) in [6.45, 7) is 6.26. The molecule has 37 heavy (non-hydrogen) atoms. The number of thiazole rings is 1. The maximum Gasteiger partial charge on any atom is 0.308 e. The van der Waals surface area contributed by atoms with Crippen LogP contribution in [0, 0.1) is 23.6 Å². The van der Waals surface area contributed by atoms with Gasteiger partial charge in [0.25, 0.3) is 0 Å². The Morgan fingerprint density at radius 3 is 2.46 bits per heavy atom. The summed E-state index contributed by atoms with van der Waals surface area (Å²) < 4.78 is 14.9. The van der Waals surface area contributed by atoms with E-state index in [0.29, 0.717) is 28.7 Å². The summed E-state index contributed by atoms with van der Waals surface area (Å²) in [5.74, 6) is 1.49. The van der Waals surface area contributed by atoms with Crippen molar-refractivity contribution in [2.75, 3.05) is 23.3 Å². The van der Waals surface area contributed by atoms with E-state index in [1.165, 1.54) is 66.1 Å². The van der Waals surface area contributed by atoms with E-state index in [1.807, 2.05) is 11.8 Å². The highest BCUT2D eigenvalue weighted by Crippen LogP contribution is 2.64. The summed E-state index contributed by atoms with van der Waals surface area (Å²) in [6, 6.07) is 14.7. The highest BCUT2D eigenvalue weighted by atomic mass is 32.2. The number of halogens is 1. The first kappa shape index (κ1) is 24.7. The van der Waals surface area contributed by atoms with Gasteiger partial charge in [-0.2, -0.15) is 0 Å². The number of benzene rings is 2. The van der Waals surface area contributed by atoms with Gasteiger partial charge in [0.2, 0.25) is 5.91 Å². The van der Waals surface area contributed by atoms with E-state index in [-0.39, 0.29) is 29.1 Å². The minimum absolute atomic E-state index is 0.0336. The van der Waals surface area contributed by atoms with Gasteiger partial charge in [-0.05, 0) is 92.8 Å². The monoisotopic (exact) mass is 537 g/mol. The molecule has 0 radical (unpaired) electrons. The quantitative estimate of drug-likeness (QED) is 0.391. The number of carbonyl (C=O) groups is 1. The molecule has 1 aromatic heterocycles. The highest BCUT2D eigenvalue weighted by molar-refractivity contribution is 8.00. The Labute approximate surface area is 225 Å². The maximum atomic E-state index is 13.3. The van der Waals surface area contributed by atoms with E-state index >= 15 is 0 Å². The van der Waals surface area contributed by atoms with Crippen LogP contribution in [0.3, 0.4) is 0 Å². The van der Waals surface area contributed by atoms with Crippen LogP contribution >= 0.6 is 23.1 Å². The van der Waals surface area contributed by atoms with E-state index < -0.39 is 0 Å². The number of anilines is 2. The second kappa shape index (κ2) is 9.95. The number of nitrogens with zero attached hydrogens (tertiary/aromatic N) is 2. The van der Waals surface area contributed by atoms with Crippen molar-refractivity contribution in [1.29, 1.82) is 0 Å². The lowest BCUT2D eigenvalue weighted by Gasteiger charge is -2.40. The fourth-order valence-corrected chi connectivity index (χ4v) is 9.97. The van der Waals surface area contributed by atoms with Crippen LogP contribution in [0.15, 0.2) is 58.4 Å². The van der Waals surface area contributed by atoms with Crippen LogP contribution in [0.2, 0.25) is 0 Å². The fraction of sp³-hybridized carbons (Fsp3) is 0.448. The van der Waals surface area contributed by atoms with E-state index in [2.05, 4.69) is 48.3 Å². The number of aromatic nitrogens is 1. The number of hydrogen-bond acceptors (Lipinski definition) is 5. The number of carbonyl (C=O) groups excluding carboxylic acids is 1. The molecule has 2 saturated carbocycles. The topological polar surface area (TPSA) is 54.3 Å². The third kappa shape index (κ3) is 4.42. The summed E-state index contributed by atoms with van der Waals surface area (Å²) in [6.07, 6.45) is 3.83. The molecule has 5 nitrogen and oxygen atoms in total. The molecule has 0 saturated heterocycles. The number of hydrogen-bond donors (Lipinski definition) is 1. The maximum absolute atomic E-state index is 13.3. The van der Waals surface area contributed by atoms with Crippen molar-refractivity contribution in [3.63, 3.8) is 0 Å². The first-order chi connectivity index (χ1) is 18.0. The number of rotatable bonds is 7. The van der Waals surface area contributed by atoms with Crippen LogP contribution < -0.4 is 15.1 Å². The number of fused-ring (bicyclic) bond motifs is 6. The Balaban J connectivity index is 1.34. The standard InChI is InChI=1S/C29H32FN3O2S2/c1-3-32(4-2)22-13-7-17(8-14-22)24-25-18-5-6-19(15-18)26(25)36-28-27(24)37-29(35)33(28)16-23(34)31-21-11-9-20(30)10-12-21/h7-14,18-19,24-26H,3-6,15-16H2,1-2H3,(H,31,34)/t18-,19-,24-,25-,26+/m0/s1. The summed E-state index contributed by atoms with van der Waals surface area (Å²) >= 11 is 3.15. The van der Waals surface area contributed by atoms with Crippen LogP contribution in [0.4, 0.5) is 15.8 Å². The Hall–Kier alpha value is -2.58. The van der Waals surface area contributed by atoms with E-state index in [4.69, 9.17) is 0 Å². The van der Waals surface area contributed by atoms with Crippen molar-refractivity contribution in [3.05, 3.63) is 74.5 Å². The second-order valence-electron chi connectivity index (χ2n) is 10.4. The molecule has 0 unspecified atom stereocenters. The molecule has 5 atom stereocenters. The molecule has 3 aromatic rings. The molecule has 3 aliphatic rings. The molecule has 8 heteroatoms. The largest absolute Gasteiger partial charge is 0.372 e. The molecule has 2 heterocycles. The summed E-state index contributed by atoms with van der Waals surface area (Å²) in [4.78, 5) is 29.5. The van der Waals surface area contributed by atoms with E-state index in [0.717, 1.165) is 23.0 Å². The highest BCUT2D eigenvalue weighted by Gasteiger charge is 2.55. The van der Waals surface area contributed by atoms with Crippen LogP contribution in [0.1, 0.15) is 49.5 Å². The lowest BCUT2D eigenvalue weighted by Crippen LogP contribution is -2.35. The number of amides is 1. The lowest BCUT2D eigenvalue weighted by atomic mass is 9.75. The predicted molar refractivity (Wildman–Crippen MR) is 149 cm³/mol. The lowest BCUT2D eigenvalue weighted by molar-refractivity contribution is -0.116. The Morgan fingerprint density at radius 1 is 1.05 bits per heavy atom. The van der Waals surface area contributed by atoms with Gasteiger partial charge in [0.1, 0.15) is 12.4 Å². The predicted octanol–water partition coefficient (Wildman–Crippen LogP) is 6.19. The first-order valence-electron chi connectivity index (χ1n) is 13.3. The number of nitrogens with one attached hydrogen (secondary N) is 1. The SMILES string of the molecule is CCN(CC)c1ccc([C@@H]2c3sc(=O)n(CC(=O)Nc4ccc(F)cc4)c3S[C@@H]3[C@H]4CC[C@@H](C4)[C@@H]23)cc1. The zero-order valence-electron chi connectivity index (χ0n) is 21.2. The van der Waals surface area contributed by atoms with Crippen LogP contribution in [0.25, 0.3) is 0 Å². The zero-order chi connectivity index (χ0) is 25.7. The van der Waals surface area contributed by atoms with Gasteiger partial charge in [-0.3, -0.25) is 14.2 Å². The minimum atomic E-state index is -0.353. The van der Waals surface area contributed by atoms with Gasteiger partial charge in [-0.25, -0.2) is 4.39 Å². The fourth-order valence-electron chi connectivity index (χ4n) is 6.82. The van der Waals surface area contributed by atoms with Gasteiger partial charge in [-0.15, -0.1) is 11.8 Å². The van der Waals surface area contributed by atoms with Crippen LogP contribution in [0.5, 0.6) is 0 Å². The Bertz CT molecular complexity index is 1350. The summed E-state index contributed by atoms with van der Waals surface area (Å²) in [7, 11) is 0. The van der Waals surface area contributed by atoms with Crippen molar-refractivity contribution in [1.82, 2.24) is 4.57 Å². The molecule has 2 bridgehead atoms. The van der Waals surface area contributed by atoms with Crippen molar-refractivity contribution in [3.8, 4) is 0 Å². The normalized spacial score (nSPS) is 25.5. The molecule has 0 spiro atoms. The average Bonchev–Trinajstić information content (AvgIpc) is 3.60. The molecule has 1 N–H and O–H groups in total. The van der Waals surface area contributed by atoms with E-state index in [9.17, 15) is 14.0 Å². The Kier molecular flexibility index (Phi) is 6.65. The third-order valence-corrected chi connectivity index (χ3v) is 11.3. The molecular formula is C29H32FN3O2S2. The van der Waals surface area contributed by atoms with Crippen LogP contribution in [-0.2, 0) is 11.3 Å². The minimum Gasteiger partial charge on any atom is -0.372 e. The molecule has 6 rings (SSSR count). The van der Waals surface area contributed by atoms with Gasteiger partial charge in [0.05, 0.1) is 5.03 Å². The van der Waals surface area contributed by atoms with Gasteiger partial charge in [0, 0.05) is 40.5 Å². The second-order valence-corrected chi connectivity index (χ2v) is 12.6. The van der Waals surface area contributed by atoms with Gasteiger partial charge >= 0.3 is 4.87 Å². The molecule has 194 valence electrons. The summed E-state index contributed by atoms with van der Waals surface area (Å²) in [5, 5.41) is 4.26. The average molecular weight is 538 g/mol. The smallest absolute Gasteiger partial charge is 0.308 e. The van der Waals surface area contributed by atoms with Gasteiger partial charge < -0.3 is 10.2 Å². The Morgan fingerprint density at radius 2 is 1.76 bits per heavy atom.